The Hall–Kier alpha value is -2.31. The van der Waals surface area contributed by atoms with E-state index in [9.17, 15) is 14.4 Å². The van der Waals surface area contributed by atoms with Gasteiger partial charge >= 0.3 is 11.9 Å². The number of methoxy groups -OCH3 is 1. The third-order valence-electron chi connectivity index (χ3n) is 3.90. The Labute approximate surface area is 160 Å². The summed E-state index contributed by atoms with van der Waals surface area (Å²) in [5.74, 6) is -1.80. The molecule has 6 nitrogen and oxygen atoms in total. The van der Waals surface area contributed by atoms with E-state index in [1.54, 1.807) is 19.9 Å². The number of halogens is 2. The van der Waals surface area contributed by atoms with E-state index in [2.05, 4.69) is 4.98 Å². The smallest absolute Gasteiger partial charge is 0.340 e. The monoisotopic (exact) mass is 397 g/mol. The third kappa shape index (κ3) is 3.76. The van der Waals surface area contributed by atoms with Crippen LogP contribution in [0, 0.1) is 13.8 Å². The minimum Gasteiger partial charge on any atom is -0.465 e. The first-order valence-corrected chi connectivity index (χ1v) is 8.41. The number of benzene rings is 1. The van der Waals surface area contributed by atoms with Crippen molar-refractivity contribution < 1.29 is 23.9 Å². The van der Waals surface area contributed by atoms with Crippen molar-refractivity contribution >= 4 is 40.9 Å². The van der Waals surface area contributed by atoms with E-state index in [4.69, 9.17) is 32.7 Å². The fourth-order valence-electron chi connectivity index (χ4n) is 2.55. The van der Waals surface area contributed by atoms with Crippen molar-refractivity contribution in [1.29, 1.82) is 0 Å². The number of Topliss-reactive ketones (excluding diaryl/α,β-unsaturated/α-hetero) is 1. The Kier molecular flexibility index (Phi) is 6.10. The molecule has 0 saturated carbocycles. The Balaban J connectivity index is 2.24. The Bertz CT molecular complexity index is 888. The molecule has 0 unspecified atom stereocenters. The number of aromatic nitrogens is 1. The molecule has 0 fully saturated rings. The van der Waals surface area contributed by atoms with Gasteiger partial charge in [-0.25, -0.2) is 9.59 Å². The van der Waals surface area contributed by atoms with Gasteiger partial charge in [0.15, 0.2) is 6.10 Å². The Morgan fingerprint density at radius 2 is 1.77 bits per heavy atom. The van der Waals surface area contributed by atoms with Crippen LogP contribution in [0.15, 0.2) is 18.2 Å². The predicted molar refractivity (Wildman–Crippen MR) is 97.3 cm³/mol. The summed E-state index contributed by atoms with van der Waals surface area (Å²) < 4.78 is 9.93. The summed E-state index contributed by atoms with van der Waals surface area (Å²) in [7, 11) is 1.26. The molecule has 1 N–H and O–H groups in total. The standard InChI is InChI=1S/C18H17Cl2NO5/c1-8-13(18(24)25-4)9(2)21-15(8)16(22)10(3)26-17(23)11-6-5-7-12(19)14(11)20/h5-7,10,21H,1-4H3/t10-/m1/s1. The first-order valence-electron chi connectivity index (χ1n) is 7.65. The maximum absolute atomic E-state index is 12.6. The molecule has 1 atom stereocenters. The molecule has 0 radical (unpaired) electrons. The number of carbonyl (C=O) groups is 3. The topological polar surface area (TPSA) is 85.5 Å². The second-order valence-corrected chi connectivity index (χ2v) is 6.41. The maximum atomic E-state index is 12.6. The largest absolute Gasteiger partial charge is 0.465 e. The van der Waals surface area contributed by atoms with Gasteiger partial charge < -0.3 is 14.5 Å². The lowest BCUT2D eigenvalue weighted by molar-refractivity contribution is 0.0317. The number of hydrogen-bond donors (Lipinski definition) is 1. The number of ketones is 1. The van der Waals surface area contributed by atoms with Crippen LogP contribution >= 0.6 is 23.2 Å². The average molecular weight is 398 g/mol. The van der Waals surface area contributed by atoms with Crippen LogP contribution in [0.1, 0.15) is 49.4 Å². The number of rotatable bonds is 5. The highest BCUT2D eigenvalue weighted by molar-refractivity contribution is 6.43. The lowest BCUT2D eigenvalue weighted by Gasteiger charge is -2.13. The number of esters is 2. The molecule has 1 heterocycles. The van der Waals surface area contributed by atoms with Gasteiger partial charge in [0.05, 0.1) is 34.0 Å². The third-order valence-corrected chi connectivity index (χ3v) is 4.72. The number of nitrogens with one attached hydrogen (secondary N) is 1. The van der Waals surface area contributed by atoms with Crippen LogP contribution in [0.5, 0.6) is 0 Å². The summed E-state index contributed by atoms with van der Waals surface area (Å²) in [5.41, 5.74) is 1.46. The van der Waals surface area contributed by atoms with Crippen LogP contribution in [0.4, 0.5) is 0 Å². The molecule has 0 aliphatic rings. The minimum atomic E-state index is -1.10. The Morgan fingerprint density at radius 1 is 1.12 bits per heavy atom. The highest BCUT2D eigenvalue weighted by atomic mass is 35.5. The second kappa shape index (κ2) is 7.93. The maximum Gasteiger partial charge on any atom is 0.340 e. The van der Waals surface area contributed by atoms with Gasteiger partial charge in [-0.3, -0.25) is 4.79 Å². The van der Waals surface area contributed by atoms with Gasteiger partial charge in [0.25, 0.3) is 0 Å². The number of H-pyrrole nitrogens is 1. The molecule has 138 valence electrons. The number of hydrogen-bond acceptors (Lipinski definition) is 5. The summed E-state index contributed by atoms with van der Waals surface area (Å²) in [6.45, 7) is 4.70. The SMILES string of the molecule is COC(=O)c1c(C)[nH]c(C(=O)[C@@H](C)OC(=O)c2cccc(Cl)c2Cl)c1C. The molecule has 0 spiro atoms. The van der Waals surface area contributed by atoms with E-state index in [1.165, 1.54) is 26.2 Å². The van der Waals surface area contributed by atoms with Gasteiger partial charge in [0, 0.05) is 5.69 Å². The van der Waals surface area contributed by atoms with Crippen molar-refractivity contribution in [3.8, 4) is 0 Å². The Morgan fingerprint density at radius 3 is 2.38 bits per heavy atom. The van der Waals surface area contributed by atoms with Gasteiger partial charge in [-0.1, -0.05) is 29.3 Å². The van der Waals surface area contributed by atoms with E-state index >= 15 is 0 Å². The van der Waals surface area contributed by atoms with Crippen molar-refractivity contribution in [2.75, 3.05) is 7.11 Å². The zero-order valence-corrected chi connectivity index (χ0v) is 16.1. The van der Waals surface area contributed by atoms with E-state index in [-0.39, 0.29) is 26.9 Å². The highest BCUT2D eigenvalue weighted by Crippen LogP contribution is 2.27. The van der Waals surface area contributed by atoms with Gasteiger partial charge in [0.1, 0.15) is 0 Å². The summed E-state index contributed by atoms with van der Waals surface area (Å²) in [6, 6.07) is 4.54. The van der Waals surface area contributed by atoms with Gasteiger partial charge in [0.2, 0.25) is 5.78 Å². The van der Waals surface area contributed by atoms with Gasteiger partial charge in [-0.05, 0) is 38.5 Å². The molecule has 0 aliphatic heterocycles. The molecular weight excluding hydrogens is 381 g/mol. The lowest BCUT2D eigenvalue weighted by Crippen LogP contribution is -2.25. The highest BCUT2D eigenvalue weighted by Gasteiger charge is 2.28. The van der Waals surface area contributed by atoms with Crippen LogP contribution < -0.4 is 0 Å². The molecule has 8 heteroatoms. The van der Waals surface area contributed by atoms with Crippen LogP contribution in [-0.4, -0.2) is 35.9 Å². The van der Waals surface area contributed by atoms with Crippen molar-refractivity contribution in [3.63, 3.8) is 0 Å². The second-order valence-electron chi connectivity index (χ2n) is 5.63. The minimum absolute atomic E-state index is 0.0543. The van der Waals surface area contributed by atoms with E-state index in [0.29, 0.717) is 11.3 Å². The zero-order valence-electron chi connectivity index (χ0n) is 14.6. The van der Waals surface area contributed by atoms with E-state index < -0.39 is 23.8 Å². The summed E-state index contributed by atoms with van der Waals surface area (Å²) in [5, 5.41) is 0.261. The van der Waals surface area contributed by atoms with Crippen LogP contribution in [0.3, 0.4) is 0 Å². The number of aromatic amines is 1. The van der Waals surface area contributed by atoms with Crippen molar-refractivity contribution in [1.82, 2.24) is 4.98 Å². The number of aryl methyl sites for hydroxylation is 1. The first-order chi connectivity index (χ1) is 12.2. The van der Waals surface area contributed by atoms with E-state index in [1.807, 2.05) is 0 Å². The normalized spacial score (nSPS) is 11.8. The molecule has 1 aromatic heterocycles. The van der Waals surface area contributed by atoms with Crippen molar-refractivity contribution in [2.45, 2.75) is 26.9 Å². The lowest BCUT2D eigenvalue weighted by atomic mass is 10.1. The van der Waals surface area contributed by atoms with Gasteiger partial charge in [-0.2, -0.15) is 0 Å². The molecule has 26 heavy (non-hydrogen) atoms. The summed E-state index contributed by atoms with van der Waals surface area (Å²) >= 11 is 11.9. The molecule has 2 aromatic rings. The molecule has 0 amide bonds. The molecule has 0 aliphatic carbocycles. The van der Waals surface area contributed by atoms with Crippen molar-refractivity contribution in [2.24, 2.45) is 0 Å². The molecule has 1 aromatic carbocycles. The summed E-state index contributed by atoms with van der Waals surface area (Å²) in [4.78, 5) is 39.6. The average Bonchev–Trinajstić information content (AvgIpc) is 2.90. The fraction of sp³-hybridized carbons (Fsp3) is 0.278. The van der Waals surface area contributed by atoms with E-state index in [0.717, 1.165) is 0 Å². The van der Waals surface area contributed by atoms with Gasteiger partial charge in [-0.15, -0.1) is 0 Å². The molecule has 0 bridgehead atoms. The fourth-order valence-corrected chi connectivity index (χ4v) is 2.92. The quantitative estimate of drug-likeness (QED) is 0.604. The molecule has 0 saturated heterocycles. The molecule has 2 rings (SSSR count). The number of carbonyl (C=O) groups excluding carboxylic acids is 3. The first kappa shape index (κ1) is 20.0. The number of ether oxygens (including phenoxy) is 2. The predicted octanol–water partition coefficient (Wildman–Crippen LogP) is 4.15. The summed E-state index contributed by atoms with van der Waals surface area (Å²) in [6.07, 6.45) is -1.10. The zero-order chi connectivity index (χ0) is 19.6. The van der Waals surface area contributed by atoms with Crippen LogP contribution in [-0.2, 0) is 9.47 Å². The van der Waals surface area contributed by atoms with Crippen LogP contribution in [0.25, 0.3) is 0 Å². The van der Waals surface area contributed by atoms with Crippen LogP contribution in [0.2, 0.25) is 10.0 Å². The molecular formula is C18H17Cl2NO5. The van der Waals surface area contributed by atoms with Crippen molar-refractivity contribution in [3.05, 3.63) is 56.3 Å².